The van der Waals surface area contributed by atoms with Gasteiger partial charge in [-0.1, -0.05) is 17.7 Å². The first kappa shape index (κ1) is 21.8. The minimum Gasteiger partial charge on any atom is -0.444 e. The molecular formula is C18H21F2IN6O. The van der Waals surface area contributed by atoms with Gasteiger partial charge in [-0.2, -0.15) is 8.78 Å². The van der Waals surface area contributed by atoms with Crippen LogP contribution in [0.25, 0.3) is 11.5 Å². The van der Waals surface area contributed by atoms with Gasteiger partial charge in [0.05, 0.1) is 18.8 Å². The van der Waals surface area contributed by atoms with E-state index >= 15 is 0 Å². The third kappa shape index (κ3) is 5.50. The van der Waals surface area contributed by atoms with Crippen LogP contribution in [0, 0.1) is 6.92 Å². The van der Waals surface area contributed by atoms with Gasteiger partial charge < -0.3 is 15.1 Å². The second kappa shape index (κ2) is 10.2. The summed E-state index contributed by atoms with van der Waals surface area (Å²) >= 11 is 0. The highest BCUT2D eigenvalue weighted by atomic mass is 127. The molecule has 3 aromatic rings. The molecule has 0 unspecified atom stereocenters. The number of alkyl halides is 2. The van der Waals surface area contributed by atoms with Gasteiger partial charge in [0.15, 0.2) is 5.96 Å². The van der Waals surface area contributed by atoms with E-state index in [1.165, 1.54) is 12.4 Å². The van der Waals surface area contributed by atoms with Crippen molar-refractivity contribution in [3.63, 3.8) is 0 Å². The van der Waals surface area contributed by atoms with Crippen molar-refractivity contribution in [2.75, 3.05) is 7.05 Å². The van der Waals surface area contributed by atoms with Crippen LogP contribution in [-0.2, 0) is 13.1 Å². The second-order valence-corrected chi connectivity index (χ2v) is 5.82. The molecule has 28 heavy (non-hydrogen) atoms. The Kier molecular flexibility index (Phi) is 7.91. The van der Waals surface area contributed by atoms with Gasteiger partial charge in [0.2, 0.25) is 5.89 Å². The van der Waals surface area contributed by atoms with Crippen LogP contribution in [0.15, 0.2) is 52.3 Å². The van der Waals surface area contributed by atoms with Crippen LogP contribution in [0.3, 0.4) is 0 Å². The maximum absolute atomic E-state index is 12.8. The van der Waals surface area contributed by atoms with E-state index in [2.05, 4.69) is 25.6 Å². The van der Waals surface area contributed by atoms with Gasteiger partial charge in [0.25, 0.3) is 0 Å². The molecule has 2 aromatic heterocycles. The summed E-state index contributed by atoms with van der Waals surface area (Å²) in [5.74, 6) is 1.20. The van der Waals surface area contributed by atoms with Crippen LogP contribution in [0.1, 0.15) is 23.6 Å². The zero-order chi connectivity index (χ0) is 19.2. The third-order valence-corrected chi connectivity index (χ3v) is 3.88. The Morgan fingerprint density at radius 1 is 1.21 bits per heavy atom. The summed E-state index contributed by atoms with van der Waals surface area (Å²) < 4.78 is 32.0. The Morgan fingerprint density at radius 2 is 1.93 bits per heavy atom. The number of benzene rings is 1. The smallest absolute Gasteiger partial charge is 0.319 e. The van der Waals surface area contributed by atoms with E-state index in [4.69, 9.17) is 4.42 Å². The predicted molar refractivity (Wildman–Crippen MR) is 113 cm³/mol. The van der Waals surface area contributed by atoms with E-state index in [1.807, 2.05) is 31.2 Å². The lowest BCUT2D eigenvalue weighted by Gasteiger charge is -2.11. The summed E-state index contributed by atoms with van der Waals surface area (Å²) in [5.41, 5.74) is 2.75. The number of aliphatic imine (C=N–C) groups is 1. The number of nitrogens with zero attached hydrogens (tertiary/aromatic N) is 4. The first-order valence-electron chi connectivity index (χ1n) is 8.32. The molecule has 2 heterocycles. The van der Waals surface area contributed by atoms with Gasteiger partial charge >= 0.3 is 6.55 Å². The van der Waals surface area contributed by atoms with Crippen LogP contribution in [0.2, 0.25) is 0 Å². The van der Waals surface area contributed by atoms with Crippen molar-refractivity contribution in [1.29, 1.82) is 0 Å². The van der Waals surface area contributed by atoms with Gasteiger partial charge in [-0.25, -0.2) is 9.97 Å². The Labute approximate surface area is 178 Å². The van der Waals surface area contributed by atoms with E-state index in [1.54, 1.807) is 13.3 Å². The molecule has 150 valence electrons. The fourth-order valence-electron chi connectivity index (χ4n) is 2.43. The molecule has 0 fully saturated rings. The van der Waals surface area contributed by atoms with E-state index in [0.717, 1.165) is 15.7 Å². The standard InChI is InChI=1S/C18H20F2N6O.HI/c1-12-3-5-13(6-4-12)16-25-14(11-27-16)9-23-18(21-2)24-10-15-22-7-8-26(15)17(19)20;/h3-8,11,17H,9-10H2,1-2H3,(H2,21,23,24);1H. The summed E-state index contributed by atoms with van der Waals surface area (Å²) in [6.07, 6.45) is 4.14. The van der Waals surface area contributed by atoms with Gasteiger partial charge in [-0.3, -0.25) is 9.56 Å². The summed E-state index contributed by atoms with van der Waals surface area (Å²) in [7, 11) is 1.59. The number of guanidine groups is 1. The number of nitrogens with one attached hydrogen (secondary N) is 2. The summed E-state index contributed by atoms with van der Waals surface area (Å²) in [6.45, 7) is -0.126. The zero-order valence-corrected chi connectivity index (χ0v) is 17.7. The van der Waals surface area contributed by atoms with Gasteiger partial charge in [-0.05, 0) is 19.1 Å². The highest BCUT2D eigenvalue weighted by Gasteiger charge is 2.12. The minimum absolute atomic E-state index is 0. The SMILES string of the molecule is CN=C(NCc1coc(-c2ccc(C)cc2)n1)NCc1nccn1C(F)F.I. The number of imidazole rings is 1. The van der Waals surface area contributed by atoms with Gasteiger partial charge in [0, 0.05) is 25.0 Å². The number of hydrogen-bond acceptors (Lipinski definition) is 4. The number of hydrogen-bond donors (Lipinski definition) is 2. The Hall–Kier alpha value is -2.50. The summed E-state index contributed by atoms with van der Waals surface area (Å²) in [6, 6.07) is 7.88. The molecule has 7 nitrogen and oxygen atoms in total. The first-order chi connectivity index (χ1) is 13.1. The normalized spacial score (nSPS) is 11.4. The summed E-state index contributed by atoms with van der Waals surface area (Å²) in [4.78, 5) is 12.4. The number of rotatable bonds is 6. The highest BCUT2D eigenvalue weighted by molar-refractivity contribution is 14.0. The second-order valence-electron chi connectivity index (χ2n) is 5.82. The van der Waals surface area contributed by atoms with E-state index in [9.17, 15) is 8.78 Å². The van der Waals surface area contributed by atoms with Crippen molar-refractivity contribution in [2.24, 2.45) is 4.99 Å². The highest BCUT2D eigenvalue weighted by Crippen LogP contribution is 2.19. The molecule has 2 N–H and O–H groups in total. The summed E-state index contributed by atoms with van der Waals surface area (Å²) in [5, 5.41) is 6.01. The Bertz CT molecular complexity index is 907. The molecule has 1 aromatic carbocycles. The van der Waals surface area contributed by atoms with Crippen molar-refractivity contribution >= 4 is 29.9 Å². The van der Waals surface area contributed by atoms with Crippen LogP contribution >= 0.6 is 24.0 Å². The Morgan fingerprint density at radius 3 is 2.61 bits per heavy atom. The fourth-order valence-corrected chi connectivity index (χ4v) is 2.43. The molecule has 0 atom stereocenters. The number of aromatic nitrogens is 3. The van der Waals surface area contributed by atoms with Crippen LogP contribution in [0.5, 0.6) is 0 Å². The lowest BCUT2D eigenvalue weighted by atomic mass is 10.1. The topological polar surface area (TPSA) is 80.3 Å². The lowest BCUT2D eigenvalue weighted by molar-refractivity contribution is 0.0668. The van der Waals surface area contributed by atoms with Crippen LogP contribution < -0.4 is 10.6 Å². The molecule has 0 radical (unpaired) electrons. The van der Waals surface area contributed by atoms with E-state index < -0.39 is 6.55 Å². The van der Waals surface area contributed by atoms with Crippen molar-refractivity contribution in [1.82, 2.24) is 25.2 Å². The molecule has 3 rings (SSSR count). The molecule has 0 spiro atoms. The average Bonchev–Trinajstić information content (AvgIpc) is 3.32. The molecule has 0 aliphatic carbocycles. The molecule has 0 saturated carbocycles. The maximum Gasteiger partial charge on any atom is 0.319 e. The first-order valence-corrected chi connectivity index (χ1v) is 8.32. The maximum atomic E-state index is 12.8. The van der Waals surface area contributed by atoms with Crippen LogP contribution in [-0.4, -0.2) is 27.5 Å². The molecule has 0 saturated heterocycles. The largest absolute Gasteiger partial charge is 0.444 e. The van der Waals surface area contributed by atoms with Gasteiger partial charge in [0.1, 0.15) is 12.1 Å². The molecular weight excluding hydrogens is 481 g/mol. The van der Waals surface area contributed by atoms with Crippen molar-refractivity contribution in [2.45, 2.75) is 26.6 Å². The number of aryl methyl sites for hydroxylation is 1. The minimum atomic E-state index is -2.63. The van der Waals surface area contributed by atoms with Gasteiger partial charge in [-0.15, -0.1) is 24.0 Å². The number of halogens is 3. The number of oxazole rings is 1. The quantitative estimate of drug-likeness (QED) is 0.305. The monoisotopic (exact) mass is 502 g/mol. The molecule has 0 aliphatic heterocycles. The van der Waals surface area contributed by atoms with Crippen molar-refractivity contribution in [3.05, 3.63) is 60.0 Å². The zero-order valence-electron chi connectivity index (χ0n) is 15.4. The molecule has 0 amide bonds. The lowest BCUT2D eigenvalue weighted by Crippen LogP contribution is -2.37. The predicted octanol–water partition coefficient (Wildman–Crippen LogP) is 3.72. The van der Waals surface area contributed by atoms with E-state index in [-0.39, 0.29) is 36.3 Å². The van der Waals surface area contributed by atoms with Crippen LogP contribution in [0.4, 0.5) is 8.78 Å². The third-order valence-electron chi connectivity index (χ3n) is 3.88. The van der Waals surface area contributed by atoms with Crippen molar-refractivity contribution < 1.29 is 13.2 Å². The fraction of sp³-hybridized carbons (Fsp3) is 0.278. The molecule has 10 heteroatoms. The molecule has 0 bridgehead atoms. The Balaban J connectivity index is 0.00000280. The molecule has 0 aliphatic rings. The average molecular weight is 502 g/mol. The van der Waals surface area contributed by atoms with Crippen molar-refractivity contribution in [3.8, 4) is 11.5 Å². The van der Waals surface area contributed by atoms with E-state index in [0.29, 0.717) is 24.1 Å².